The van der Waals surface area contributed by atoms with Gasteiger partial charge in [-0.05, 0) is 26.8 Å². The van der Waals surface area contributed by atoms with E-state index in [1.807, 2.05) is 0 Å². The Hall–Kier alpha value is -3.63. The molecule has 156 valence electrons. The van der Waals surface area contributed by atoms with Gasteiger partial charge in [0.15, 0.2) is 17.2 Å². The highest BCUT2D eigenvalue weighted by Crippen LogP contribution is 2.33. The molecule has 0 atom stereocenters. The summed E-state index contributed by atoms with van der Waals surface area (Å²) in [4.78, 5) is 37.9. The number of anilines is 1. The van der Waals surface area contributed by atoms with Crippen LogP contribution in [0.3, 0.4) is 0 Å². The van der Waals surface area contributed by atoms with Crippen molar-refractivity contribution in [2.24, 2.45) is 0 Å². The second-order valence-electron chi connectivity index (χ2n) is 5.96. The maximum Gasteiger partial charge on any atom is 0.452 e. The van der Waals surface area contributed by atoms with Gasteiger partial charge in [0.2, 0.25) is 11.5 Å². The minimum absolute atomic E-state index is 0.0162. The summed E-state index contributed by atoms with van der Waals surface area (Å²) in [5, 5.41) is 7.61. The number of hydrogen-bond donors (Lipinski definition) is 1. The summed E-state index contributed by atoms with van der Waals surface area (Å²) in [6.07, 6.45) is -1.41. The first-order chi connectivity index (χ1) is 13.7. The van der Waals surface area contributed by atoms with Gasteiger partial charge in [0.1, 0.15) is 0 Å². The molecule has 1 aromatic heterocycles. The summed E-state index contributed by atoms with van der Waals surface area (Å²) in [5.41, 5.74) is 5.15. The lowest BCUT2D eigenvalue weighted by molar-refractivity contribution is 0.0515. The summed E-state index contributed by atoms with van der Waals surface area (Å²) >= 11 is 0. The molecule has 0 amide bonds. The number of esters is 1. The minimum atomic E-state index is -0.954. The molecular formula is C18H22N4O7. The van der Waals surface area contributed by atoms with Crippen molar-refractivity contribution in [2.45, 2.75) is 26.9 Å². The molecule has 0 unspecified atom stereocenters. The molecule has 2 aromatic rings. The van der Waals surface area contributed by atoms with E-state index in [0.29, 0.717) is 10.5 Å². The number of nitrogens with two attached hydrogens (primary N) is 1. The van der Waals surface area contributed by atoms with Crippen molar-refractivity contribution in [2.75, 3.05) is 26.6 Å². The first kappa shape index (κ1) is 21.7. The Morgan fingerprint density at radius 3 is 2.21 bits per heavy atom. The maximum atomic E-state index is 13.1. The van der Waals surface area contributed by atoms with Crippen LogP contribution in [0.25, 0.3) is 0 Å². The number of nitrogen functional groups attached to an aromatic ring is 1. The summed E-state index contributed by atoms with van der Waals surface area (Å²) < 4.78 is 20.2. The quantitative estimate of drug-likeness (QED) is 0.409. The van der Waals surface area contributed by atoms with Crippen molar-refractivity contribution in [1.29, 1.82) is 0 Å². The summed E-state index contributed by atoms with van der Waals surface area (Å²) in [6, 6.07) is 2.74. The number of hydrogen-bond acceptors (Lipinski definition) is 10. The highest BCUT2D eigenvalue weighted by Gasteiger charge is 2.30. The van der Waals surface area contributed by atoms with Crippen molar-refractivity contribution < 1.29 is 33.3 Å². The van der Waals surface area contributed by atoms with Crippen molar-refractivity contribution in [3.63, 3.8) is 0 Å². The van der Waals surface area contributed by atoms with Crippen LogP contribution in [0.1, 0.15) is 47.3 Å². The highest BCUT2D eigenvalue weighted by atomic mass is 16.6. The number of rotatable bonds is 7. The first-order valence-electron chi connectivity index (χ1n) is 8.65. The Kier molecular flexibility index (Phi) is 6.75. The molecule has 2 rings (SSSR count). The fraction of sp³-hybridized carbons (Fsp3) is 0.389. The van der Waals surface area contributed by atoms with Gasteiger partial charge in [0, 0.05) is 11.8 Å². The normalized spacial score (nSPS) is 10.6. The number of methoxy groups -OCH3 is 2. The van der Waals surface area contributed by atoms with E-state index in [0.717, 1.165) is 0 Å². The van der Waals surface area contributed by atoms with Gasteiger partial charge in [-0.25, -0.2) is 9.59 Å². The highest BCUT2D eigenvalue weighted by molar-refractivity contribution is 6.15. The smallest absolute Gasteiger partial charge is 0.452 e. The SMILES string of the molecule is CCOC(=O)c1nn(C(=O)OC(C)C)nc1C(=O)c1cc(OC)c(OC)cc1N. The Bertz CT molecular complexity index is 937. The number of carbonyl (C=O) groups is 3. The van der Waals surface area contributed by atoms with Gasteiger partial charge in [-0.3, -0.25) is 4.79 Å². The lowest BCUT2D eigenvalue weighted by atomic mass is 10.0. The molecule has 0 aliphatic rings. The van der Waals surface area contributed by atoms with E-state index in [2.05, 4.69) is 10.2 Å². The standard InChI is InChI=1S/C18H22N4O7/c1-6-28-17(24)15-14(20-22(21-15)18(25)29-9(2)3)16(23)10-7-12(26-4)13(27-5)8-11(10)19/h7-9H,6,19H2,1-5H3. The third kappa shape index (κ3) is 4.62. The fourth-order valence-corrected chi connectivity index (χ4v) is 2.35. The van der Waals surface area contributed by atoms with Gasteiger partial charge in [0.25, 0.3) is 0 Å². The van der Waals surface area contributed by atoms with Gasteiger partial charge in [-0.1, -0.05) is 4.80 Å². The van der Waals surface area contributed by atoms with Gasteiger partial charge in [-0.15, -0.1) is 10.2 Å². The molecule has 29 heavy (non-hydrogen) atoms. The maximum absolute atomic E-state index is 13.1. The van der Waals surface area contributed by atoms with E-state index in [4.69, 9.17) is 24.7 Å². The van der Waals surface area contributed by atoms with Crippen LogP contribution in [0.5, 0.6) is 11.5 Å². The third-order valence-electron chi connectivity index (χ3n) is 3.60. The van der Waals surface area contributed by atoms with Crippen molar-refractivity contribution in [3.8, 4) is 11.5 Å². The van der Waals surface area contributed by atoms with Crippen LogP contribution in [-0.4, -0.2) is 59.8 Å². The molecule has 0 bridgehead atoms. The topological polar surface area (TPSA) is 145 Å². The number of ketones is 1. The molecule has 1 aromatic carbocycles. The van der Waals surface area contributed by atoms with E-state index >= 15 is 0 Å². The third-order valence-corrected chi connectivity index (χ3v) is 3.60. The second kappa shape index (κ2) is 9.04. The zero-order chi connectivity index (χ0) is 21.7. The Morgan fingerprint density at radius 2 is 1.66 bits per heavy atom. The van der Waals surface area contributed by atoms with Crippen LogP contribution in [0.4, 0.5) is 10.5 Å². The fourth-order valence-electron chi connectivity index (χ4n) is 2.35. The van der Waals surface area contributed by atoms with Crippen LogP contribution >= 0.6 is 0 Å². The number of carbonyl (C=O) groups excluding carboxylic acids is 3. The number of benzene rings is 1. The Morgan fingerprint density at radius 1 is 1.07 bits per heavy atom. The monoisotopic (exact) mass is 406 g/mol. The van der Waals surface area contributed by atoms with Crippen molar-refractivity contribution in [1.82, 2.24) is 15.0 Å². The second-order valence-corrected chi connectivity index (χ2v) is 5.96. The zero-order valence-corrected chi connectivity index (χ0v) is 16.7. The predicted octanol–water partition coefficient (Wildman–Crippen LogP) is 1.68. The van der Waals surface area contributed by atoms with E-state index in [9.17, 15) is 14.4 Å². The van der Waals surface area contributed by atoms with E-state index in [-0.39, 0.29) is 23.6 Å². The molecule has 0 spiro atoms. The molecule has 1 heterocycles. The largest absolute Gasteiger partial charge is 0.493 e. The van der Waals surface area contributed by atoms with Gasteiger partial charge in [0.05, 0.1) is 32.5 Å². The first-order valence-corrected chi connectivity index (χ1v) is 8.65. The van der Waals surface area contributed by atoms with Gasteiger partial charge < -0.3 is 24.7 Å². The van der Waals surface area contributed by atoms with Crippen LogP contribution < -0.4 is 15.2 Å². The van der Waals surface area contributed by atoms with Crippen molar-refractivity contribution in [3.05, 3.63) is 29.1 Å². The van der Waals surface area contributed by atoms with E-state index in [1.165, 1.54) is 26.4 Å². The van der Waals surface area contributed by atoms with Crippen LogP contribution in [0, 0.1) is 0 Å². The molecule has 0 aliphatic heterocycles. The van der Waals surface area contributed by atoms with Gasteiger partial charge in [-0.2, -0.15) is 0 Å². The minimum Gasteiger partial charge on any atom is -0.493 e. The average molecular weight is 406 g/mol. The molecule has 0 aliphatic carbocycles. The van der Waals surface area contributed by atoms with Crippen LogP contribution in [-0.2, 0) is 9.47 Å². The van der Waals surface area contributed by atoms with Crippen LogP contribution in [0.2, 0.25) is 0 Å². The summed E-state index contributed by atoms with van der Waals surface area (Å²) in [6.45, 7) is 4.88. The Labute approximate surface area is 166 Å². The lowest BCUT2D eigenvalue weighted by Crippen LogP contribution is -2.21. The molecule has 0 saturated heterocycles. The summed E-state index contributed by atoms with van der Waals surface area (Å²) in [7, 11) is 2.81. The predicted molar refractivity (Wildman–Crippen MR) is 100 cm³/mol. The number of ether oxygens (including phenoxy) is 4. The van der Waals surface area contributed by atoms with Crippen LogP contribution in [0.15, 0.2) is 12.1 Å². The zero-order valence-electron chi connectivity index (χ0n) is 16.7. The van der Waals surface area contributed by atoms with E-state index < -0.39 is 35.3 Å². The van der Waals surface area contributed by atoms with Crippen molar-refractivity contribution >= 4 is 23.5 Å². The van der Waals surface area contributed by atoms with E-state index in [1.54, 1.807) is 20.8 Å². The molecular weight excluding hydrogens is 384 g/mol. The molecule has 11 heteroatoms. The number of nitrogens with zero attached hydrogens (tertiary/aromatic N) is 3. The van der Waals surface area contributed by atoms with Gasteiger partial charge >= 0.3 is 12.1 Å². The molecule has 11 nitrogen and oxygen atoms in total. The Balaban J connectivity index is 2.57. The molecule has 2 N–H and O–H groups in total. The average Bonchev–Trinajstić information content (AvgIpc) is 3.12. The number of aromatic nitrogens is 3. The summed E-state index contributed by atoms with van der Waals surface area (Å²) in [5.74, 6) is -1.11. The lowest BCUT2D eigenvalue weighted by Gasteiger charge is -2.11. The molecule has 0 fully saturated rings. The molecule has 0 radical (unpaired) electrons. The molecule has 0 saturated carbocycles.